The summed E-state index contributed by atoms with van der Waals surface area (Å²) in [6, 6.07) is 21.2. The van der Waals surface area contributed by atoms with E-state index in [2.05, 4.69) is 87.7 Å². The van der Waals surface area contributed by atoms with E-state index in [1.54, 1.807) is 0 Å². The molecule has 0 spiro atoms. The van der Waals surface area contributed by atoms with E-state index in [9.17, 15) is 0 Å². The Bertz CT molecular complexity index is 1180. The Morgan fingerprint density at radius 1 is 0.500 bits per heavy atom. The van der Waals surface area contributed by atoms with Crippen molar-refractivity contribution in [1.82, 2.24) is 9.97 Å². The van der Waals surface area contributed by atoms with Gasteiger partial charge in [-0.2, -0.15) is 0 Å². The van der Waals surface area contributed by atoms with Gasteiger partial charge in [0.1, 0.15) is 0 Å². The molecule has 3 aromatic carbocycles. The molecule has 0 unspecified atom stereocenters. The molecule has 0 saturated carbocycles. The van der Waals surface area contributed by atoms with E-state index >= 15 is 0 Å². The highest BCUT2D eigenvalue weighted by Crippen LogP contribution is 2.53. The van der Waals surface area contributed by atoms with Gasteiger partial charge in [0.15, 0.2) is 0 Å². The second-order valence-electron chi connectivity index (χ2n) is 10.0. The number of nitrogens with zero attached hydrogens (tertiary/aromatic N) is 4. The van der Waals surface area contributed by atoms with E-state index in [1.165, 1.54) is 22.7 Å². The Kier molecular flexibility index (Phi) is 3.88. The fourth-order valence-electron chi connectivity index (χ4n) is 4.55. The highest BCUT2D eigenvalue weighted by molar-refractivity contribution is 6.01. The summed E-state index contributed by atoms with van der Waals surface area (Å²) in [4.78, 5) is 14.8. The Morgan fingerprint density at radius 2 is 0.867 bits per heavy atom. The molecule has 1 aromatic heterocycles. The highest BCUT2D eigenvalue weighted by atomic mass is 15.3. The fourth-order valence-corrected chi connectivity index (χ4v) is 4.55. The van der Waals surface area contributed by atoms with E-state index in [4.69, 9.17) is 9.97 Å². The van der Waals surface area contributed by atoms with Gasteiger partial charge in [-0.1, -0.05) is 24.3 Å². The Hall–Kier alpha value is -3.14. The van der Waals surface area contributed by atoms with Crippen LogP contribution < -0.4 is 9.80 Å². The third kappa shape index (κ3) is 2.82. The third-order valence-electron chi connectivity index (χ3n) is 5.62. The fraction of sp³-hybridized carbons (Fsp3) is 0.308. The average molecular weight is 397 g/mol. The molecule has 1 aliphatic rings. The van der Waals surface area contributed by atoms with Gasteiger partial charge in [0.2, 0.25) is 0 Å². The maximum Gasteiger partial charge on any atom is 0.0916 e. The molecule has 30 heavy (non-hydrogen) atoms. The largest absolute Gasteiger partial charge is 0.333 e. The summed E-state index contributed by atoms with van der Waals surface area (Å²) in [5.74, 6) is 0. The summed E-state index contributed by atoms with van der Waals surface area (Å²) in [5.41, 5.74) is 8.32. The van der Waals surface area contributed by atoms with Crippen LogP contribution in [-0.4, -0.2) is 21.0 Å². The molecular weight excluding hydrogens is 368 g/mol. The van der Waals surface area contributed by atoms with Crippen LogP contribution >= 0.6 is 0 Å². The van der Waals surface area contributed by atoms with Crippen LogP contribution in [0.25, 0.3) is 22.1 Å². The van der Waals surface area contributed by atoms with E-state index in [0.717, 1.165) is 22.1 Å². The van der Waals surface area contributed by atoms with Gasteiger partial charge in [-0.25, -0.2) is 9.97 Å². The molecule has 0 saturated heterocycles. The third-order valence-corrected chi connectivity index (χ3v) is 5.62. The van der Waals surface area contributed by atoms with Crippen LogP contribution in [0.4, 0.5) is 22.7 Å². The first-order valence-electron chi connectivity index (χ1n) is 10.5. The van der Waals surface area contributed by atoms with E-state index < -0.39 is 0 Å². The lowest BCUT2D eigenvalue weighted by Gasteiger charge is -2.50. The lowest BCUT2D eigenvalue weighted by Crippen LogP contribution is -2.46. The molecule has 2 heterocycles. The summed E-state index contributed by atoms with van der Waals surface area (Å²) in [5, 5.41) is 0. The van der Waals surface area contributed by atoms with Crippen molar-refractivity contribution in [2.24, 2.45) is 0 Å². The summed E-state index contributed by atoms with van der Waals surface area (Å²) in [6.45, 7) is 13.6. The summed E-state index contributed by atoms with van der Waals surface area (Å²) in [6.07, 6.45) is 0. The van der Waals surface area contributed by atoms with Crippen molar-refractivity contribution in [2.75, 3.05) is 9.80 Å². The molecule has 4 heteroatoms. The lowest BCUT2D eigenvalue weighted by molar-refractivity contribution is 0.532. The van der Waals surface area contributed by atoms with Gasteiger partial charge >= 0.3 is 0 Å². The Balaban J connectivity index is 1.89. The van der Waals surface area contributed by atoms with Crippen LogP contribution in [0.5, 0.6) is 0 Å². The quantitative estimate of drug-likeness (QED) is 0.300. The zero-order chi connectivity index (χ0) is 21.3. The number of para-hydroxylation sites is 4. The maximum absolute atomic E-state index is 4.94. The topological polar surface area (TPSA) is 32.3 Å². The summed E-state index contributed by atoms with van der Waals surface area (Å²) in [7, 11) is 0. The summed E-state index contributed by atoms with van der Waals surface area (Å²) >= 11 is 0. The van der Waals surface area contributed by atoms with Crippen molar-refractivity contribution in [2.45, 2.75) is 52.6 Å². The minimum Gasteiger partial charge on any atom is -0.333 e. The predicted octanol–water partition coefficient (Wildman–Crippen LogP) is 6.97. The van der Waals surface area contributed by atoms with Crippen molar-refractivity contribution in [3.63, 3.8) is 0 Å². The van der Waals surface area contributed by atoms with Crippen molar-refractivity contribution in [3.8, 4) is 0 Å². The van der Waals surface area contributed by atoms with Crippen molar-refractivity contribution < 1.29 is 0 Å². The molecule has 0 radical (unpaired) electrons. The van der Waals surface area contributed by atoms with E-state index in [1.807, 2.05) is 24.3 Å². The van der Waals surface area contributed by atoms with Gasteiger partial charge in [-0.3, -0.25) is 0 Å². The lowest BCUT2D eigenvalue weighted by atomic mass is 9.94. The minimum absolute atomic E-state index is 0.0905. The SMILES string of the molecule is CC(C)(C)N1c2ccccc2N(C(C)(C)C)c2cc3nc4ccccc4nc3cc21. The minimum atomic E-state index is -0.0905. The van der Waals surface area contributed by atoms with Gasteiger partial charge in [0.25, 0.3) is 0 Å². The molecule has 0 fully saturated rings. The van der Waals surface area contributed by atoms with Crippen molar-refractivity contribution in [3.05, 3.63) is 60.7 Å². The molecule has 0 aliphatic carbocycles. The van der Waals surface area contributed by atoms with Crippen LogP contribution in [0.1, 0.15) is 41.5 Å². The maximum atomic E-state index is 4.94. The molecular formula is C26H28N4. The van der Waals surface area contributed by atoms with Gasteiger partial charge in [-0.05, 0) is 77.9 Å². The highest BCUT2D eigenvalue weighted by Gasteiger charge is 2.38. The standard InChI is InChI=1S/C26H28N4/c1-25(2,3)29-21-13-9-10-14-22(21)30(26(4,5)6)24-16-20-19(15-23(24)29)27-17-11-7-8-12-18(17)28-20/h7-16H,1-6H3. The predicted molar refractivity (Wildman–Crippen MR) is 127 cm³/mol. The zero-order valence-corrected chi connectivity index (χ0v) is 18.6. The van der Waals surface area contributed by atoms with Crippen LogP contribution in [0, 0.1) is 0 Å². The van der Waals surface area contributed by atoms with Crippen LogP contribution in [0.2, 0.25) is 0 Å². The van der Waals surface area contributed by atoms with Gasteiger partial charge < -0.3 is 9.80 Å². The molecule has 4 aromatic rings. The summed E-state index contributed by atoms with van der Waals surface area (Å²) < 4.78 is 0. The first-order valence-corrected chi connectivity index (χ1v) is 10.5. The first kappa shape index (κ1) is 18.9. The molecule has 0 atom stereocenters. The Morgan fingerprint density at radius 3 is 1.23 bits per heavy atom. The van der Waals surface area contributed by atoms with E-state index in [0.29, 0.717) is 0 Å². The number of benzene rings is 3. The molecule has 0 amide bonds. The number of hydrogen-bond donors (Lipinski definition) is 0. The second kappa shape index (κ2) is 6.18. The second-order valence-corrected chi connectivity index (χ2v) is 10.0. The van der Waals surface area contributed by atoms with Gasteiger partial charge in [0.05, 0.1) is 44.8 Å². The first-order chi connectivity index (χ1) is 14.1. The molecule has 152 valence electrons. The average Bonchev–Trinajstić information content (AvgIpc) is 2.66. The molecule has 0 bridgehead atoms. The van der Waals surface area contributed by atoms with Crippen LogP contribution in [0.3, 0.4) is 0 Å². The monoisotopic (exact) mass is 396 g/mol. The van der Waals surface area contributed by atoms with Crippen molar-refractivity contribution >= 4 is 44.8 Å². The number of anilines is 4. The normalized spacial score (nSPS) is 14.2. The molecule has 0 N–H and O–H groups in total. The molecule has 5 rings (SSSR count). The Labute approximate surface area is 178 Å². The van der Waals surface area contributed by atoms with Crippen molar-refractivity contribution in [1.29, 1.82) is 0 Å². The molecule has 4 nitrogen and oxygen atoms in total. The smallest absolute Gasteiger partial charge is 0.0916 e. The molecule has 1 aliphatic heterocycles. The zero-order valence-electron chi connectivity index (χ0n) is 18.6. The van der Waals surface area contributed by atoms with Crippen LogP contribution in [0.15, 0.2) is 60.7 Å². The number of fused-ring (bicyclic) bond motifs is 4. The van der Waals surface area contributed by atoms with Gasteiger partial charge in [0, 0.05) is 11.1 Å². The van der Waals surface area contributed by atoms with Gasteiger partial charge in [-0.15, -0.1) is 0 Å². The number of rotatable bonds is 0. The number of hydrogen-bond acceptors (Lipinski definition) is 4. The number of aromatic nitrogens is 2. The van der Waals surface area contributed by atoms with E-state index in [-0.39, 0.29) is 11.1 Å². The van der Waals surface area contributed by atoms with Crippen LogP contribution in [-0.2, 0) is 0 Å².